The second-order valence-corrected chi connectivity index (χ2v) is 1.54. The van der Waals surface area contributed by atoms with Gasteiger partial charge in [-0.3, -0.25) is 4.99 Å². The van der Waals surface area contributed by atoms with Crippen molar-refractivity contribution in [1.82, 2.24) is 0 Å². The van der Waals surface area contributed by atoms with Crippen LogP contribution in [0.15, 0.2) is 22.8 Å². The maximum atomic E-state index is 5.20. The Morgan fingerprint density at radius 1 is 1.88 bits per heavy atom. The molecule has 2 nitrogen and oxygen atoms in total. The molecule has 0 fully saturated rings. The fourth-order valence-electron chi connectivity index (χ4n) is 0.500. The van der Waals surface area contributed by atoms with Gasteiger partial charge in [-0.25, -0.2) is 0 Å². The number of allylic oxidation sites excluding steroid dienone is 2. The summed E-state index contributed by atoms with van der Waals surface area (Å²) in [5.41, 5.74) is 6.25. The molecule has 0 aromatic rings. The quantitative estimate of drug-likeness (QED) is 0.484. The van der Waals surface area contributed by atoms with Crippen molar-refractivity contribution in [3.05, 3.63) is 24.0 Å². The lowest BCUT2D eigenvalue weighted by atomic mass is 10.2. The third-order valence-corrected chi connectivity index (χ3v) is 0.948. The van der Waals surface area contributed by atoms with E-state index >= 15 is 0 Å². The summed E-state index contributed by atoms with van der Waals surface area (Å²) in [6.45, 7) is 0. The van der Waals surface area contributed by atoms with Gasteiger partial charge in [-0.1, -0.05) is 6.08 Å². The SMILES string of the molecule is NC=C1C=N[C]=CC1. The van der Waals surface area contributed by atoms with Crippen molar-refractivity contribution in [2.75, 3.05) is 0 Å². The highest BCUT2D eigenvalue weighted by atomic mass is 14.7. The molecule has 0 unspecified atom stereocenters. The Morgan fingerprint density at radius 3 is 3.12 bits per heavy atom. The highest BCUT2D eigenvalue weighted by Gasteiger charge is 1.90. The molecule has 0 amide bonds. The summed E-state index contributed by atoms with van der Waals surface area (Å²) in [4.78, 5) is 3.75. The van der Waals surface area contributed by atoms with Gasteiger partial charge in [0.25, 0.3) is 0 Å². The zero-order valence-corrected chi connectivity index (χ0v) is 4.46. The highest BCUT2D eigenvalue weighted by Crippen LogP contribution is 2.01. The molecule has 0 spiro atoms. The third-order valence-electron chi connectivity index (χ3n) is 0.948. The zero-order valence-electron chi connectivity index (χ0n) is 4.46. The molecule has 0 bridgehead atoms. The molecule has 0 aliphatic carbocycles. The van der Waals surface area contributed by atoms with E-state index in [1.165, 1.54) is 0 Å². The van der Waals surface area contributed by atoms with Crippen molar-refractivity contribution in [2.24, 2.45) is 10.7 Å². The summed E-state index contributed by atoms with van der Waals surface area (Å²) in [7, 11) is 0. The van der Waals surface area contributed by atoms with Crippen molar-refractivity contribution in [3.8, 4) is 0 Å². The van der Waals surface area contributed by atoms with Crippen LogP contribution in [-0.2, 0) is 0 Å². The molecule has 1 aliphatic rings. The minimum absolute atomic E-state index is 0.861. The molecular weight excluding hydrogens is 100 g/mol. The molecule has 0 aromatic carbocycles. The topological polar surface area (TPSA) is 38.4 Å². The fraction of sp³-hybridized carbons (Fsp3) is 0.167. The Kier molecular flexibility index (Phi) is 1.47. The summed E-state index contributed by atoms with van der Waals surface area (Å²) in [5, 5.41) is 0. The summed E-state index contributed by atoms with van der Waals surface area (Å²) in [6, 6.07) is 0. The van der Waals surface area contributed by atoms with E-state index in [-0.39, 0.29) is 0 Å². The van der Waals surface area contributed by atoms with Crippen LogP contribution in [0.5, 0.6) is 0 Å². The first kappa shape index (κ1) is 5.09. The number of hydrogen-bond acceptors (Lipinski definition) is 2. The fourth-order valence-corrected chi connectivity index (χ4v) is 0.500. The van der Waals surface area contributed by atoms with E-state index in [0.29, 0.717) is 0 Å². The largest absolute Gasteiger partial charge is 0.404 e. The Labute approximate surface area is 48.4 Å². The van der Waals surface area contributed by atoms with E-state index in [9.17, 15) is 0 Å². The number of hydrogen-bond donors (Lipinski definition) is 1. The average Bonchev–Trinajstić information content (AvgIpc) is 1.90. The normalized spacial score (nSPS) is 22.2. The van der Waals surface area contributed by atoms with E-state index in [1.807, 2.05) is 6.08 Å². The molecule has 1 heterocycles. The van der Waals surface area contributed by atoms with Gasteiger partial charge in [0.15, 0.2) is 0 Å². The van der Waals surface area contributed by atoms with Crippen molar-refractivity contribution >= 4 is 6.21 Å². The summed E-state index contributed by atoms with van der Waals surface area (Å²) in [5.74, 6) is 0. The minimum atomic E-state index is 0.861. The molecule has 41 valence electrons. The average molecular weight is 107 g/mol. The van der Waals surface area contributed by atoms with E-state index < -0.39 is 0 Å². The molecule has 1 rings (SSSR count). The summed E-state index contributed by atoms with van der Waals surface area (Å²) in [6.07, 6.45) is 8.67. The Morgan fingerprint density at radius 2 is 2.75 bits per heavy atom. The van der Waals surface area contributed by atoms with Crippen molar-refractivity contribution < 1.29 is 0 Å². The molecule has 0 saturated heterocycles. The van der Waals surface area contributed by atoms with Gasteiger partial charge >= 0.3 is 0 Å². The van der Waals surface area contributed by atoms with E-state index in [4.69, 9.17) is 5.73 Å². The van der Waals surface area contributed by atoms with Crippen LogP contribution in [0.1, 0.15) is 6.42 Å². The van der Waals surface area contributed by atoms with Crippen LogP contribution in [0.2, 0.25) is 0 Å². The molecule has 2 heteroatoms. The van der Waals surface area contributed by atoms with Crippen LogP contribution in [0.25, 0.3) is 0 Å². The first-order valence-corrected chi connectivity index (χ1v) is 2.44. The first-order valence-electron chi connectivity index (χ1n) is 2.44. The number of rotatable bonds is 0. The molecule has 0 aromatic heterocycles. The number of nitrogens with two attached hydrogens (primary N) is 1. The van der Waals surface area contributed by atoms with Crippen molar-refractivity contribution in [1.29, 1.82) is 0 Å². The van der Waals surface area contributed by atoms with Crippen LogP contribution < -0.4 is 5.73 Å². The van der Waals surface area contributed by atoms with Gasteiger partial charge in [-0.2, -0.15) is 0 Å². The summed E-state index contributed by atoms with van der Waals surface area (Å²) >= 11 is 0. The Balaban J connectivity index is 2.66. The number of nitrogens with zero attached hydrogens (tertiary/aromatic N) is 1. The molecule has 0 saturated carbocycles. The van der Waals surface area contributed by atoms with Gasteiger partial charge in [-0.05, 0) is 18.2 Å². The van der Waals surface area contributed by atoms with Crippen LogP contribution >= 0.6 is 0 Å². The monoisotopic (exact) mass is 107 g/mol. The van der Waals surface area contributed by atoms with E-state index in [0.717, 1.165) is 12.0 Å². The van der Waals surface area contributed by atoms with Crippen molar-refractivity contribution in [3.63, 3.8) is 0 Å². The van der Waals surface area contributed by atoms with Crippen LogP contribution in [0.4, 0.5) is 0 Å². The van der Waals surface area contributed by atoms with Gasteiger partial charge < -0.3 is 5.73 Å². The number of aliphatic imine (C=N–C) groups is 1. The van der Waals surface area contributed by atoms with Gasteiger partial charge in [0.05, 0.1) is 6.20 Å². The zero-order chi connectivity index (χ0) is 5.82. The van der Waals surface area contributed by atoms with E-state index in [1.54, 1.807) is 12.4 Å². The van der Waals surface area contributed by atoms with Crippen molar-refractivity contribution in [2.45, 2.75) is 6.42 Å². The Bertz CT molecular complexity index is 154. The van der Waals surface area contributed by atoms with Gasteiger partial charge in [-0.15, -0.1) is 0 Å². The molecule has 1 aliphatic heterocycles. The molecular formula is C6H7N2. The van der Waals surface area contributed by atoms with Crippen LogP contribution in [-0.4, -0.2) is 6.21 Å². The minimum Gasteiger partial charge on any atom is -0.404 e. The lowest BCUT2D eigenvalue weighted by Gasteiger charge is -1.95. The van der Waals surface area contributed by atoms with Gasteiger partial charge in [0.2, 0.25) is 0 Å². The van der Waals surface area contributed by atoms with Gasteiger partial charge in [0.1, 0.15) is 0 Å². The summed E-state index contributed by atoms with van der Waals surface area (Å²) < 4.78 is 0. The first-order chi connectivity index (χ1) is 3.93. The van der Waals surface area contributed by atoms with Crippen LogP contribution in [0.3, 0.4) is 0 Å². The maximum Gasteiger partial charge on any atom is 0.0846 e. The lowest BCUT2D eigenvalue weighted by molar-refractivity contribution is 1.23. The molecule has 8 heavy (non-hydrogen) atoms. The Hall–Kier alpha value is -1.05. The highest BCUT2D eigenvalue weighted by molar-refractivity contribution is 5.79. The molecule has 2 N–H and O–H groups in total. The predicted octanol–water partition coefficient (Wildman–Crippen LogP) is 0.620. The second kappa shape index (κ2) is 2.31. The van der Waals surface area contributed by atoms with Gasteiger partial charge in [0, 0.05) is 6.21 Å². The smallest absolute Gasteiger partial charge is 0.0846 e. The molecule has 0 atom stereocenters. The second-order valence-electron chi connectivity index (χ2n) is 1.54. The maximum absolute atomic E-state index is 5.20. The lowest BCUT2D eigenvalue weighted by Crippen LogP contribution is -1.91. The van der Waals surface area contributed by atoms with Crippen LogP contribution in [0, 0.1) is 6.20 Å². The third kappa shape index (κ3) is 0.964. The molecule has 1 radical (unpaired) electrons. The standard InChI is InChI=1S/C6H7N2/c7-4-6-2-1-3-8-5-6/h1,4-5H,2,7H2. The predicted molar refractivity (Wildman–Crippen MR) is 33.2 cm³/mol. The van der Waals surface area contributed by atoms with E-state index in [2.05, 4.69) is 11.2 Å².